The summed E-state index contributed by atoms with van der Waals surface area (Å²) >= 11 is 1.30. The van der Waals surface area contributed by atoms with Crippen LogP contribution >= 0.6 is 11.3 Å². The Balaban J connectivity index is 1.75. The van der Waals surface area contributed by atoms with Crippen molar-refractivity contribution in [3.8, 4) is 28.1 Å². The molecule has 0 spiro atoms. The molecule has 0 unspecified atom stereocenters. The van der Waals surface area contributed by atoms with Gasteiger partial charge in [-0.05, 0) is 41.5 Å². The highest BCUT2D eigenvalue weighted by molar-refractivity contribution is 7.21. The van der Waals surface area contributed by atoms with Crippen molar-refractivity contribution in [3.05, 3.63) is 95.6 Å². The number of rotatable bonds is 5. The smallest absolute Gasteiger partial charge is 0.223 e. The summed E-state index contributed by atoms with van der Waals surface area (Å²) in [6.07, 6.45) is 1.60. The zero-order valence-corrected chi connectivity index (χ0v) is 18.1. The second-order valence-electron chi connectivity index (χ2n) is 7.22. The average Bonchev–Trinajstić information content (AvgIpc) is 3.20. The Morgan fingerprint density at radius 1 is 0.938 bits per heavy atom. The Labute approximate surface area is 189 Å². The van der Waals surface area contributed by atoms with Crippen molar-refractivity contribution >= 4 is 33.0 Å². The van der Waals surface area contributed by atoms with E-state index in [2.05, 4.69) is 4.98 Å². The van der Waals surface area contributed by atoms with E-state index in [1.165, 1.54) is 11.3 Å². The number of anilines is 1. The van der Waals surface area contributed by atoms with Crippen molar-refractivity contribution in [2.75, 3.05) is 12.8 Å². The number of pyridine rings is 2. The summed E-state index contributed by atoms with van der Waals surface area (Å²) in [7, 11) is 1.64. The fraction of sp³-hybridized carbons (Fsp3) is 0.0385. The fourth-order valence-electron chi connectivity index (χ4n) is 3.66. The number of nitrogen functional groups attached to an aromatic ring is 1. The van der Waals surface area contributed by atoms with Gasteiger partial charge in [-0.25, -0.2) is 4.98 Å². The molecule has 0 radical (unpaired) electrons. The first-order valence-corrected chi connectivity index (χ1v) is 10.9. The molecule has 5 nitrogen and oxygen atoms in total. The SMILES string of the molecule is COc1ccc(-c2cc(-c3ccccc3)nc3sc(C(=O)c4ccccn4)c(N)c23)cc1. The number of carbonyl (C=O) groups excluding carboxylic acids is 1. The molecule has 0 saturated carbocycles. The van der Waals surface area contributed by atoms with Crippen LogP contribution in [0.15, 0.2) is 85.1 Å². The summed E-state index contributed by atoms with van der Waals surface area (Å²) in [5.41, 5.74) is 11.1. The predicted molar refractivity (Wildman–Crippen MR) is 129 cm³/mol. The summed E-state index contributed by atoms with van der Waals surface area (Å²) in [5.74, 6) is 0.569. The van der Waals surface area contributed by atoms with Crippen molar-refractivity contribution < 1.29 is 9.53 Å². The van der Waals surface area contributed by atoms with Crippen molar-refractivity contribution in [1.82, 2.24) is 9.97 Å². The third kappa shape index (κ3) is 3.50. The van der Waals surface area contributed by atoms with E-state index in [9.17, 15) is 4.79 Å². The Morgan fingerprint density at radius 2 is 1.69 bits per heavy atom. The highest BCUT2D eigenvalue weighted by Crippen LogP contribution is 2.42. The lowest BCUT2D eigenvalue weighted by atomic mass is 9.99. The number of hydrogen-bond donors (Lipinski definition) is 1. The molecule has 32 heavy (non-hydrogen) atoms. The number of ether oxygens (including phenoxy) is 1. The monoisotopic (exact) mass is 437 g/mol. The number of thiophene rings is 1. The van der Waals surface area contributed by atoms with E-state index in [0.717, 1.165) is 33.5 Å². The zero-order valence-electron chi connectivity index (χ0n) is 17.3. The molecule has 0 bridgehead atoms. The third-order valence-electron chi connectivity index (χ3n) is 5.27. The Morgan fingerprint density at radius 3 is 2.38 bits per heavy atom. The number of aromatic nitrogens is 2. The first-order valence-electron chi connectivity index (χ1n) is 10.0. The number of fused-ring (bicyclic) bond motifs is 1. The molecule has 0 aliphatic rings. The zero-order chi connectivity index (χ0) is 22.1. The van der Waals surface area contributed by atoms with Gasteiger partial charge in [-0.1, -0.05) is 48.5 Å². The molecule has 0 atom stereocenters. The van der Waals surface area contributed by atoms with E-state index in [-0.39, 0.29) is 5.78 Å². The van der Waals surface area contributed by atoms with Crippen molar-refractivity contribution in [2.24, 2.45) is 0 Å². The van der Waals surface area contributed by atoms with Gasteiger partial charge in [0, 0.05) is 17.1 Å². The molecule has 0 amide bonds. The summed E-state index contributed by atoms with van der Waals surface area (Å²) in [6, 6.07) is 25.0. The van der Waals surface area contributed by atoms with Crippen LogP contribution in [0.1, 0.15) is 15.4 Å². The summed E-state index contributed by atoms with van der Waals surface area (Å²) < 4.78 is 5.31. The van der Waals surface area contributed by atoms with Gasteiger partial charge in [0.1, 0.15) is 21.2 Å². The molecule has 0 aliphatic carbocycles. The topological polar surface area (TPSA) is 78.1 Å². The molecule has 156 valence electrons. The van der Waals surface area contributed by atoms with E-state index in [1.807, 2.05) is 60.7 Å². The number of nitrogens with zero attached hydrogens (tertiary/aromatic N) is 2. The Kier molecular flexibility index (Phi) is 5.13. The van der Waals surface area contributed by atoms with E-state index in [4.69, 9.17) is 15.5 Å². The lowest BCUT2D eigenvalue weighted by Gasteiger charge is -2.09. The van der Waals surface area contributed by atoms with Crippen LogP contribution in [0.4, 0.5) is 5.69 Å². The van der Waals surface area contributed by atoms with Crippen LogP contribution in [0, 0.1) is 0 Å². The van der Waals surface area contributed by atoms with E-state index in [0.29, 0.717) is 21.1 Å². The van der Waals surface area contributed by atoms with Crippen molar-refractivity contribution in [1.29, 1.82) is 0 Å². The highest BCUT2D eigenvalue weighted by atomic mass is 32.1. The lowest BCUT2D eigenvalue weighted by Crippen LogP contribution is -2.04. The van der Waals surface area contributed by atoms with E-state index in [1.54, 1.807) is 31.5 Å². The number of nitrogens with two attached hydrogens (primary N) is 1. The van der Waals surface area contributed by atoms with Crippen LogP contribution in [0.2, 0.25) is 0 Å². The number of ketones is 1. The molecule has 0 saturated heterocycles. The van der Waals surface area contributed by atoms with Gasteiger partial charge in [0.25, 0.3) is 0 Å². The molecule has 5 rings (SSSR count). The third-order valence-corrected chi connectivity index (χ3v) is 6.37. The molecule has 6 heteroatoms. The lowest BCUT2D eigenvalue weighted by molar-refractivity contribution is 0.103. The number of carbonyl (C=O) groups is 1. The van der Waals surface area contributed by atoms with Gasteiger partial charge in [0.05, 0.1) is 18.5 Å². The first-order chi connectivity index (χ1) is 15.7. The fourth-order valence-corrected chi connectivity index (χ4v) is 4.73. The van der Waals surface area contributed by atoms with Crippen LogP contribution < -0.4 is 10.5 Å². The van der Waals surface area contributed by atoms with Crippen LogP contribution in [0.25, 0.3) is 32.6 Å². The second kappa shape index (κ2) is 8.24. The molecule has 2 N–H and O–H groups in total. The largest absolute Gasteiger partial charge is 0.497 e. The van der Waals surface area contributed by atoms with Crippen LogP contribution in [-0.2, 0) is 0 Å². The number of methoxy groups -OCH3 is 1. The summed E-state index contributed by atoms with van der Waals surface area (Å²) in [6.45, 7) is 0. The van der Waals surface area contributed by atoms with Gasteiger partial charge in [0.15, 0.2) is 0 Å². The maximum atomic E-state index is 13.1. The van der Waals surface area contributed by atoms with Gasteiger partial charge in [0.2, 0.25) is 5.78 Å². The minimum Gasteiger partial charge on any atom is -0.497 e. The van der Waals surface area contributed by atoms with E-state index >= 15 is 0 Å². The molecule has 0 fully saturated rings. The molecule has 3 aromatic heterocycles. The van der Waals surface area contributed by atoms with Gasteiger partial charge < -0.3 is 10.5 Å². The minimum absolute atomic E-state index is 0.201. The van der Waals surface area contributed by atoms with Crippen LogP contribution in [0.5, 0.6) is 5.75 Å². The van der Waals surface area contributed by atoms with Crippen molar-refractivity contribution in [2.45, 2.75) is 0 Å². The summed E-state index contributed by atoms with van der Waals surface area (Å²) in [4.78, 5) is 23.4. The molecule has 5 aromatic rings. The standard InChI is InChI=1S/C26H19N3O2S/c1-31-18-12-10-16(11-13-18)19-15-21(17-7-3-2-4-8-17)29-26-22(19)23(27)25(32-26)24(30)20-9-5-6-14-28-20/h2-15H,27H2,1H3. The maximum absolute atomic E-state index is 13.1. The Hall–Kier alpha value is -4.03. The Bertz CT molecular complexity index is 1410. The minimum atomic E-state index is -0.201. The molecule has 3 heterocycles. The molecular formula is C26H19N3O2S. The average molecular weight is 438 g/mol. The second-order valence-corrected chi connectivity index (χ2v) is 8.22. The van der Waals surface area contributed by atoms with Gasteiger partial charge in [-0.15, -0.1) is 11.3 Å². The van der Waals surface area contributed by atoms with Gasteiger partial charge >= 0.3 is 0 Å². The molecule has 0 aliphatic heterocycles. The van der Waals surface area contributed by atoms with Gasteiger partial charge in [-0.2, -0.15) is 0 Å². The van der Waals surface area contributed by atoms with E-state index < -0.39 is 0 Å². The normalized spacial score (nSPS) is 10.9. The first kappa shape index (κ1) is 19.9. The summed E-state index contributed by atoms with van der Waals surface area (Å²) in [5, 5.41) is 0.777. The van der Waals surface area contributed by atoms with Crippen molar-refractivity contribution in [3.63, 3.8) is 0 Å². The predicted octanol–water partition coefficient (Wildman–Crippen LogP) is 5.85. The van der Waals surface area contributed by atoms with Gasteiger partial charge in [-0.3, -0.25) is 9.78 Å². The van der Waals surface area contributed by atoms with Crippen LogP contribution in [0.3, 0.4) is 0 Å². The van der Waals surface area contributed by atoms with Crippen LogP contribution in [-0.4, -0.2) is 22.9 Å². The highest BCUT2D eigenvalue weighted by Gasteiger charge is 2.23. The number of benzene rings is 2. The quantitative estimate of drug-likeness (QED) is 0.349. The maximum Gasteiger partial charge on any atom is 0.223 e. The molecule has 2 aromatic carbocycles. The molecular weight excluding hydrogens is 418 g/mol. The number of hydrogen-bond acceptors (Lipinski definition) is 6.